The van der Waals surface area contributed by atoms with E-state index in [0.29, 0.717) is 0 Å². The van der Waals surface area contributed by atoms with Gasteiger partial charge in [0.05, 0.1) is 12.7 Å². The molecular weight excluding hydrogens is 451 g/mol. The van der Waals surface area contributed by atoms with E-state index in [4.69, 9.17) is 19.2 Å². The van der Waals surface area contributed by atoms with Gasteiger partial charge in [-0.3, -0.25) is 0 Å². The fraction of sp³-hybridized carbons (Fsp3) is 0.778. The molecule has 0 radical (unpaired) electrons. The van der Waals surface area contributed by atoms with Crippen molar-refractivity contribution in [2.75, 3.05) is 6.61 Å². The Bertz CT molecular complexity index is 809. The van der Waals surface area contributed by atoms with Crippen LogP contribution in [0.15, 0.2) is 12.1 Å². The SMILES string of the molecule is CCCCC(CC)(CO)C(O)c1cc(C(C)(C)C)c(C(C)(C)C)cc1C(C)(C)C.O=P(O)(O)O. The van der Waals surface area contributed by atoms with Gasteiger partial charge in [0.2, 0.25) is 0 Å². The van der Waals surface area contributed by atoms with Gasteiger partial charge in [0.1, 0.15) is 0 Å². The summed E-state index contributed by atoms with van der Waals surface area (Å²) in [7, 11) is -4.64. The van der Waals surface area contributed by atoms with E-state index in [0.717, 1.165) is 31.2 Å². The summed E-state index contributed by atoms with van der Waals surface area (Å²) in [6.45, 7) is 24.5. The van der Waals surface area contributed by atoms with E-state index in [1.165, 1.54) is 16.7 Å². The third kappa shape index (κ3) is 9.72. The molecule has 200 valence electrons. The highest BCUT2D eigenvalue weighted by Crippen LogP contribution is 2.47. The molecule has 0 aliphatic rings. The Morgan fingerprint density at radius 1 is 0.794 bits per heavy atom. The van der Waals surface area contributed by atoms with Crippen molar-refractivity contribution in [1.29, 1.82) is 0 Å². The number of hydrogen-bond acceptors (Lipinski definition) is 3. The van der Waals surface area contributed by atoms with Crippen LogP contribution in [-0.2, 0) is 20.8 Å². The van der Waals surface area contributed by atoms with Crippen molar-refractivity contribution in [2.24, 2.45) is 5.41 Å². The van der Waals surface area contributed by atoms with Crippen LogP contribution in [0.4, 0.5) is 0 Å². The largest absolute Gasteiger partial charge is 0.466 e. The van der Waals surface area contributed by atoms with Gasteiger partial charge in [-0.2, -0.15) is 0 Å². The van der Waals surface area contributed by atoms with Crippen molar-refractivity contribution in [3.63, 3.8) is 0 Å². The molecule has 2 atom stereocenters. The molecule has 6 nitrogen and oxygen atoms in total. The number of hydrogen-bond donors (Lipinski definition) is 5. The molecule has 5 N–H and O–H groups in total. The third-order valence-electron chi connectivity index (χ3n) is 6.54. The van der Waals surface area contributed by atoms with E-state index in [9.17, 15) is 10.2 Å². The van der Waals surface area contributed by atoms with Crippen LogP contribution in [0.1, 0.15) is 130 Å². The molecule has 0 aliphatic heterocycles. The topological polar surface area (TPSA) is 118 Å². The van der Waals surface area contributed by atoms with E-state index in [1.807, 2.05) is 0 Å². The number of benzene rings is 1. The Balaban J connectivity index is 0.00000196. The lowest BCUT2D eigenvalue weighted by Gasteiger charge is -2.40. The molecule has 2 unspecified atom stereocenters. The van der Waals surface area contributed by atoms with Crippen LogP contribution in [-0.4, -0.2) is 31.5 Å². The Labute approximate surface area is 208 Å². The summed E-state index contributed by atoms with van der Waals surface area (Å²) in [4.78, 5) is 21.6. The first-order valence-corrected chi connectivity index (χ1v) is 13.9. The predicted molar refractivity (Wildman–Crippen MR) is 141 cm³/mol. The molecule has 34 heavy (non-hydrogen) atoms. The molecule has 1 aromatic rings. The number of aliphatic hydroxyl groups excluding tert-OH is 2. The second kappa shape index (κ2) is 12.0. The number of unbranched alkanes of at least 4 members (excludes halogenated alkanes) is 1. The van der Waals surface area contributed by atoms with Crippen molar-refractivity contribution in [1.82, 2.24) is 0 Å². The van der Waals surface area contributed by atoms with Gasteiger partial charge in [-0.05, 0) is 51.3 Å². The van der Waals surface area contributed by atoms with Gasteiger partial charge in [0.25, 0.3) is 0 Å². The van der Waals surface area contributed by atoms with Crippen LogP contribution in [0.2, 0.25) is 0 Å². The van der Waals surface area contributed by atoms with Crippen LogP contribution in [0.5, 0.6) is 0 Å². The maximum absolute atomic E-state index is 11.7. The molecule has 0 saturated carbocycles. The Morgan fingerprint density at radius 3 is 1.47 bits per heavy atom. The molecule has 0 heterocycles. The minimum Gasteiger partial charge on any atom is -0.396 e. The van der Waals surface area contributed by atoms with Gasteiger partial charge < -0.3 is 24.9 Å². The maximum Gasteiger partial charge on any atom is 0.466 e. The van der Waals surface area contributed by atoms with Crippen LogP contribution in [0, 0.1) is 5.41 Å². The summed E-state index contributed by atoms with van der Waals surface area (Å²) < 4.78 is 8.88. The van der Waals surface area contributed by atoms with Crippen molar-refractivity contribution in [3.8, 4) is 0 Å². The molecule has 0 aliphatic carbocycles. The minimum absolute atomic E-state index is 0.0140. The first-order valence-electron chi connectivity index (χ1n) is 12.3. The predicted octanol–water partition coefficient (Wildman–Crippen LogP) is 6.26. The van der Waals surface area contributed by atoms with E-state index in [-0.39, 0.29) is 22.9 Å². The average Bonchev–Trinajstić information content (AvgIpc) is 2.64. The van der Waals surface area contributed by atoms with Gasteiger partial charge in [0, 0.05) is 5.41 Å². The Kier molecular flexibility index (Phi) is 11.7. The maximum atomic E-state index is 11.7. The van der Waals surface area contributed by atoms with Gasteiger partial charge >= 0.3 is 7.82 Å². The molecule has 1 aromatic carbocycles. The molecule has 0 spiro atoms. The second-order valence-electron chi connectivity index (χ2n) is 12.6. The quantitative estimate of drug-likeness (QED) is 0.281. The van der Waals surface area contributed by atoms with E-state index in [1.54, 1.807) is 0 Å². The van der Waals surface area contributed by atoms with Crippen LogP contribution in [0.25, 0.3) is 0 Å². The number of aliphatic hydroxyl groups is 2. The lowest BCUT2D eigenvalue weighted by Crippen LogP contribution is -2.35. The summed E-state index contributed by atoms with van der Waals surface area (Å²) >= 11 is 0. The standard InChI is InChI=1S/C27H48O2.H3O4P/c1-12-14-15-27(13-2,18-28)23(29)19-16-21(25(6,7)8)22(26(9,10)11)17-20(19)24(3,4)5;1-5(2,3)4/h16-17,23,28-29H,12-15,18H2,1-11H3;(H3,1,2,3,4). The first-order chi connectivity index (χ1) is 15.0. The zero-order valence-corrected chi connectivity index (χ0v) is 24.3. The molecule has 1 rings (SSSR count). The lowest BCUT2D eigenvalue weighted by atomic mass is 9.67. The van der Waals surface area contributed by atoms with Crippen LogP contribution >= 0.6 is 7.82 Å². The molecule has 0 amide bonds. The van der Waals surface area contributed by atoms with E-state index >= 15 is 0 Å². The van der Waals surface area contributed by atoms with Crippen LogP contribution in [0.3, 0.4) is 0 Å². The lowest BCUT2D eigenvalue weighted by molar-refractivity contribution is -0.0312. The van der Waals surface area contributed by atoms with Crippen molar-refractivity contribution < 1.29 is 29.5 Å². The van der Waals surface area contributed by atoms with Crippen LogP contribution < -0.4 is 0 Å². The second-order valence-corrected chi connectivity index (χ2v) is 13.7. The summed E-state index contributed by atoms with van der Waals surface area (Å²) in [6, 6.07) is 4.61. The molecule has 0 bridgehead atoms. The summed E-state index contributed by atoms with van der Waals surface area (Å²) in [5, 5.41) is 22.1. The summed E-state index contributed by atoms with van der Waals surface area (Å²) in [5.41, 5.74) is 4.27. The smallest absolute Gasteiger partial charge is 0.396 e. The molecule has 0 fully saturated rings. The zero-order valence-electron chi connectivity index (χ0n) is 23.4. The molecule has 7 heteroatoms. The highest BCUT2D eigenvalue weighted by atomic mass is 31.2. The number of rotatable bonds is 7. The number of phosphoric acid groups is 1. The fourth-order valence-corrected chi connectivity index (χ4v) is 4.38. The molecule has 0 saturated heterocycles. The van der Waals surface area contributed by atoms with Gasteiger partial charge in [-0.1, -0.05) is 101 Å². The molecular formula is C27H51O6P. The van der Waals surface area contributed by atoms with Crippen molar-refractivity contribution >= 4 is 7.82 Å². The first kappa shape index (κ1) is 33.2. The monoisotopic (exact) mass is 502 g/mol. The highest BCUT2D eigenvalue weighted by Gasteiger charge is 2.40. The van der Waals surface area contributed by atoms with Gasteiger partial charge in [0.15, 0.2) is 0 Å². The zero-order chi connectivity index (χ0) is 27.3. The van der Waals surface area contributed by atoms with E-state index < -0.39 is 19.3 Å². The molecule has 0 aromatic heterocycles. The average molecular weight is 503 g/mol. The highest BCUT2D eigenvalue weighted by molar-refractivity contribution is 7.45. The van der Waals surface area contributed by atoms with Gasteiger partial charge in [-0.15, -0.1) is 0 Å². The van der Waals surface area contributed by atoms with E-state index in [2.05, 4.69) is 88.3 Å². The van der Waals surface area contributed by atoms with Crippen molar-refractivity contribution in [2.45, 2.75) is 124 Å². The third-order valence-corrected chi connectivity index (χ3v) is 6.54. The normalized spacial score (nSPS) is 15.9. The minimum atomic E-state index is -4.64. The van der Waals surface area contributed by atoms with Gasteiger partial charge in [-0.25, -0.2) is 4.57 Å². The Hall–Kier alpha value is -0.750. The summed E-state index contributed by atoms with van der Waals surface area (Å²) in [6.07, 6.45) is 3.01. The van der Waals surface area contributed by atoms with Crippen molar-refractivity contribution in [3.05, 3.63) is 34.4 Å². The Morgan fingerprint density at radius 2 is 1.18 bits per heavy atom. The fourth-order valence-electron chi connectivity index (χ4n) is 4.38. The summed E-state index contributed by atoms with van der Waals surface area (Å²) in [5.74, 6) is 0.